The number of hydrazone groups is 1. The number of anilines is 2. The molecule has 2 atom stereocenters. The van der Waals surface area contributed by atoms with E-state index in [1.165, 1.54) is 11.9 Å². The molecule has 2 aliphatic heterocycles. The zero-order valence-electron chi connectivity index (χ0n) is 14.8. The summed E-state index contributed by atoms with van der Waals surface area (Å²) < 4.78 is 5.15. The number of ketones is 1. The van der Waals surface area contributed by atoms with Crippen molar-refractivity contribution in [3.8, 4) is 5.75 Å². The van der Waals surface area contributed by atoms with Crippen molar-refractivity contribution in [2.24, 2.45) is 11.0 Å². The molecule has 7 heteroatoms. The van der Waals surface area contributed by atoms with E-state index in [2.05, 4.69) is 5.10 Å². The van der Waals surface area contributed by atoms with E-state index in [-0.39, 0.29) is 11.5 Å². The first kappa shape index (κ1) is 17.0. The molecule has 2 aromatic carbocycles. The summed E-state index contributed by atoms with van der Waals surface area (Å²) in [5.41, 5.74) is 1.20. The van der Waals surface area contributed by atoms with E-state index in [9.17, 15) is 14.4 Å². The zero-order valence-corrected chi connectivity index (χ0v) is 14.8. The molecule has 2 aromatic rings. The second kappa shape index (κ2) is 6.35. The van der Waals surface area contributed by atoms with Crippen LogP contribution in [0.1, 0.15) is 6.92 Å². The predicted octanol–water partition coefficient (Wildman–Crippen LogP) is 2.02. The van der Waals surface area contributed by atoms with E-state index >= 15 is 0 Å². The maximum Gasteiger partial charge on any atom is 0.259 e. The molecule has 0 N–H and O–H groups in total. The van der Waals surface area contributed by atoms with Crippen LogP contribution >= 0.6 is 0 Å². The Morgan fingerprint density at radius 3 is 2.22 bits per heavy atom. The molecule has 1 saturated heterocycles. The highest BCUT2D eigenvalue weighted by Gasteiger charge is 2.58. The number of nitrogens with zero attached hydrogens (tertiary/aromatic N) is 3. The molecule has 0 saturated carbocycles. The lowest BCUT2D eigenvalue weighted by molar-refractivity contribution is -0.122. The maximum absolute atomic E-state index is 13.1. The molecule has 2 heterocycles. The third-order valence-corrected chi connectivity index (χ3v) is 4.76. The van der Waals surface area contributed by atoms with Gasteiger partial charge >= 0.3 is 0 Å². The average molecular weight is 363 g/mol. The molecule has 1 fully saturated rings. The Bertz CT molecular complexity index is 953. The number of carbonyl (C=O) groups is 3. The Kier molecular flexibility index (Phi) is 3.99. The van der Waals surface area contributed by atoms with Crippen molar-refractivity contribution >= 4 is 34.7 Å². The van der Waals surface area contributed by atoms with E-state index in [0.29, 0.717) is 17.1 Å². The zero-order chi connectivity index (χ0) is 19.1. The molecule has 0 radical (unpaired) electrons. The second-order valence-electron chi connectivity index (χ2n) is 6.35. The summed E-state index contributed by atoms with van der Waals surface area (Å²) >= 11 is 0. The lowest BCUT2D eigenvalue weighted by Crippen LogP contribution is -2.39. The standard InChI is InChI=1S/C20H17N3O4/c1-12(24)17-16-18(23(21-17)14-8-10-15(27-2)11-9-14)20(26)22(19(16)25)13-6-4-3-5-7-13/h3-11,16,18H,1-2H3/t16-,18+/m0/s1. The van der Waals surface area contributed by atoms with Gasteiger partial charge in [-0.25, -0.2) is 4.90 Å². The summed E-state index contributed by atoms with van der Waals surface area (Å²) in [5, 5.41) is 5.78. The summed E-state index contributed by atoms with van der Waals surface area (Å²) in [6.45, 7) is 1.36. The van der Waals surface area contributed by atoms with E-state index < -0.39 is 23.8 Å². The quantitative estimate of drug-likeness (QED) is 0.777. The summed E-state index contributed by atoms with van der Waals surface area (Å²) in [4.78, 5) is 39.4. The Morgan fingerprint density at radius 2 is 1.63 bits per heavy atom. The summed E-state index contributed by atoms with van der Waals surface area (Å²) in [6, 6.07) is 14.8. The van der Waals surface area contributed by atoms with Crippen LogP contribution in [0.4, 0.5) is 11.4 Å². The summed E-state index contributed by atoms with van der Waals surface area (Å²) in [7, 11) is 1.56. The number of hydrogen-bond donors (Lipinski definition) is 0. The van der Waals surface area contributed by atoms with Crippen LogP contribution in [0.15, 0.2) is 59.7 Å². The monoisotopic (exact) mass is 363 g/mol. The molecular formula is C20H17N3O4. The van der Waals surface area contributed by atoms with Crippen LogP contribution in [0.5, 0.6) is 5.75 Å². The van der Waals surface area contributed by atoms with Gasteiger partial charge in [0.2, 0.25) is 5.91 Å². The van der Waals surface area contributed by atoms with Gasteiger partial charge in [0.05, 0.1) is 18.5 Å². The van der Waals surface area contributed by atoms with Crippen molar-refractivity contribution in [1.82, 2.24) is 0 Å². The SMILES string of the molecule is COc1ccc(N2N=C(C(C)=O)[C@@H]3C(=O)N(c4ccccc4)C(=O)[C@@H]32)cc1. The average Bonchev–Trinajstić information content (AvgIpc) is 3.20. The molecule has 136 valence electrons. The number of carbonyl (C=O) groups excluding carboxylic acids is 3. The molecule has 0 spiro atoms. The Balaban J connectivity index is 1.78. The number of methoxy groups -OCH3 is 1. The van der Waals surface area contributed by atoms with Crippen LogP contribution in [0.3, 0.4) is 0 Å². The molecule has 0 aromatic heterocycles. The largest absolute Gasteiger partial charge is 0.497 e. The van der Waals surface area contributed by atoms with Crippen molar-refractivity contribution in [2.75, 3.05) is 17.0 Å². The first-order valence-electron chi connectivity index (χ1n) is 8.48. The van der Waals surface area contributed by atoms with Crippen LogP contribution in [0.2, 0.25) is 0 Å². The third kappa shape index (κ3) is 2.59. The minimum atomic E-state index is -0.905. The molecule has 0 unspecified atom stereocenters. The van der Waals surface area contributed by atoms with Crippen LogP contribution in [-0.4, -0.2) is 36.5 Å². The predicted molar refractivity (Wildman–Crippen MR) is 99.8 cm³/mol. The van der Waals surface area contributed by atoms with Gasteiger partial charge in [-0.1, -0.05) is 18.2 Å². The molecule has 7 nitrogen and oxygen atoms in total. The second-order valence-corrected chi connectivity index (χ2v) is 6.35. The topological polar surface area (TPSA) is 79.3 Å². The number of Topliss-reactive ketones (excluding diaryl/α,β-unsaturated/α-hetero) is 1. The number of fused-ring (bicyclic) bond motifs is 1. The Labute approximate surface area is 155 Å². The number of benzene rings is 2. The summed E-state index contributed by atoms with van der Waals surface area (Å²) in [5.74, 6) is -1.40. The number of para-hydroxylation sites is 1. The van der Waals surface area contributed by atoms with Gasteiger partial charge in [-0.3, -0.25) is 19.4 Å². The van der Waals surface area contributed by atoms with E-state index in [1.54, 1.807) is 55.6 Å². The number of rotatable bonds is 4. The van der Waals surface area contributed by atoms with Crippen molar-refractivity contribution < 1.29 is 19.1 Å². The van der Waals surface area contributed by atoms with Gasteiger partial charge in [0.1, 0.15) is 23.4 Å². The highest BCUT2D eigenvalue weighted by Crippen LogP contribution is 2.38. The highest BCUT2D eigenvalue weighted by molar-refractivity contribution is 6.48. The van der Waals surface area contributed by atoms with E-state index in [4.69, 9.17) is 4.74 Å². The number of ether oxygens (including phenoxy) is 1. The van der Waals surface area contributed by atoms with Gasteiger partial charge in [-0.2, -0.15) is 5.10 Å². The van der Waals surface area contributed by atoms with E-state index in [1.807, 2.05) is 6.07 Å². The normalized spacial score (nSPS) is 21.3. The maximum atomic E-state index is 13.1. The van der Waals surface area contributed by atoms with Crippen LogP contribution in [-0.2, 0) is 14.4 Å². The first-order chi connectivity index (χ1) is 13.0. The smallest absolute Gasteiger partial charge is 0.259 e. The van der Waals surface area contributed by atoms with Crippen molar-refractivity contribution in [3.63, 3.8) is 0 Å². The number of amides is 2. The fourth-order valence-electron chi connectivity index (χ4n) is 3.48. The van der Waals surface area contributed by atoms with Gasteiger partial charge < -0.3 is 4.74 Å². The van der Waals surface area contributed by atoms with Crippen LogP contribution in [0.25, 0.3) is 0 Å². The Hall–Kier alpha value is -3.48. The first-order valence-corrected chi connectivity index (χ1v) is 8.48. The van der Waals surface area contributed by atoms with Crippen molar-refractivity contribution in [1.29, 1.82) is 0 Å². The lowest BCUT2D eigenvalue weighted by Gasteiger charge is -2.22. The third-order valence-electron chi connectivity index (χ3n) is 4.76. The van der Waals surface area contributed by atoms with Crippen LogP contribution in [0, 0.1) is 5.92 Å². The fraction of sp³-hybridized carbons (Fsp3) is 0.200. The molecule has 4 rings (SSSR count). The Morgan fingerprint density at radius 1 is 0.963 bits per heavy atom. The fourth-order valence-corrected chi connectivity index (χ4v) is 3.48. The molecule has 2 amide bonds. The van der Waals surface area contributed by atoms with Crippen LogP contribution < -0.4 is 14.6 Å². The number of imide groups is 1. The minimum absolute atomic E-state index is 0.104. The molecular weight excluding hydrogens is 346 g/mol. The minimum Gasteiger partial charge on any atom is -0.497 e. The van der Waals surface area contributed by atoms with Crippen molar-refractivity contribution in [3.05, 3.63) is 54.6 Å². The molecule has 0 bridgehead atoms. The van der Waals surface area contributed by atoms with Crippen molar-refractivity contribution in [2.45, 2.75) is 13.0 Å². The van der Waals surface area contributed by atoms with Gasteiger partial charge in [0.25, 0.3) is 5.91 Å². The van der Waals surface area contributed by atoms with Gasteiger partial charge in [0, 0.05) is 6.92 Å². The molecule has 0 aliphatic carbocycles. The lowest BCUT2D eigenvalue weighted by atomic mass is 9.95. The van der Waals surface area contributed by atoms with Gasteiger partial charge in [-0.15, -0.1) is 0 Å². The number of hydrogen-bond acceptors (Lipinski definition) is 6. The molecule has 2 aliphatic rings. The van der Waals surface area contributed by atoms with Gasteiger partial charge in [0.15, 0.2) is 5.78 Å². The molecule has 27 heavy (non-hydrogen) atoms. The van der Waals surface area contributed by atoms with Gasteiger partial charge in [-0.05, 0) is 36.4 Å². The highest BCUT2D eigenvalue weighted by atomic mass is 16.5. The summed E-state index contributed by atoms with van der Waals surface area (Å²) in [6.07, 6.45) is 0. The van der Waals surface area contributed by atoms with E-state index in [0.717, 1.165) is 4.90 Å².